The van der Waals surface area contributed by atoms with Crippen LogP contribution in [0.3, 0.4) is 0 Å². The summed E-state index contributed by atoms with van der Waals surface area (Å²) in [4.78, 5) is 14.2. The van der Waals surface area contributed by atoms with Gasteiger partial charge in [0.2, 0.25) is 0 Å². The lowest BCUT2D eigenvalue weighted by Crippen LogP contribution is -2.48. The van der Waals surface area contributed by atoms with Crippen LogP contribution in [-0.2, 0) is 11.3 Å². The Morgan fingerprint density at radius 1 is 1.43 bits per heavy atom. The average Bonchev–Trinajstić information content (AvgIpc) is 2.49. The van der Waals surface area contributed by atoms with Gasteiger partial charge in [-0.25, -0.2) is 0 Å². The molecule has 3 N–H and O–H groups in total. The fourth-order valence-electron chi connectivity index (χ4n) is 2.56. The van der Waals surface area contributed by atoms with E-state index in [4.69, 9.17) is 10.5 Å². The normalized spacial score (nSPS) is 22.8. The molecule has 2 atom stereocenters. The third-order valence-corrected chi connectivity index (χ3v) is 4.10. The van der Waals surface area contributed by atoms with E-state index in [1.165, 1.54) is 0 Å². The lowest BCUT2D eigenvalue weighted by molar-refractivity contribution is -0.124. The van der Waals surface area contributed by atoms with Crippen LogP contribution in [0.25, 0.3) is 0 Å². The number of hydrogen-bond donors (Lipinski definition) is 2. The van der Waals surface area contributed by atoms with Crippen LogP contribution >= 0.6 is 0 Å². The molecule has 0 aliphatic carbocycles. The van der Waals surface area contributed by atoms with E-state index in [1.54, 1.807) is 0 Å². The predicted molar refractivity (Wildman–Crippen MR) is 83.1 cm³/mol. The molecule has 1 aromatic carbocycles. The molecule has 1 aliphatic heterocycles. The molecule has 0 radical (unpaired) electrons. The number of carbonyl (C=O) groups excluding carboxylic acids is 1. The maximum absolute atomic E-state index is 11.9. The Morgan fingerprint density at radius 3 is 2.76 bits per heavy atom. The van der Waals surface area contributed by atoms with Gasteiger partial charge in [-0.2, -0.15) is 0 Å². The van der Waals surface area contributed by atoms with Crippen molar-refractivity contribution in [2.24, 2.45) is 5.73 Å². The average molecular weight is 291 g/mol. The number of ether oxygens (including phenoxy) is 1. The van der Waals surface area contributed by atoms with Crippen molar-refractivity contribution in [3.05, 3.63) is 29.8 Å². The van der Waals surface area contributed by atoms with Crippen molar-refractivity contribution in [2.45, 2.75) is 38.4 Å². The van der Waals surface area contributed by atoms with E-state index in [2.05, 4.69) is 24.2 Å². The molecule has 1 fully saturated rings. The topological polar surface area (TPSA) is 67.6 Å². The van der Waals surface area contributed by atoms with E-state index in [0.717, 1.165) is 24.9 Å². The van der Waals surface area contributed by atoms with E-state index in [9.17, 15) is 4.79 Å². The van der Waals surface area contributed by atoms with Crippen LogP contribution in [0.15, 0.2) is 24.3 Å². The second-order valence-corrected chi connectivity index (χ2v) is 5.76. The van der Waals surface area contributed by atoms with Gasteiger partial charge in [-0.15, -0.1) is 0 Å². The van der Waals surface area contributed by atoms with Gasteiger partial charge >= 0.3 is 0 Å². The molecule has 2 rings (SSSR count). The van der Waals surface area contributed by atoms with Gasteiger partial charge in [-0.05, 0) is 44.5 Å². The van der Waals surface area contributed by atoms with E-state index >= 15 is 0 Å². The molecular weight excluding hydrogens is 266 g/mol. The molecule has 5 heteroatoms. The molecule has 1 aromatic rings. The van der Waals surface area contributed by atoms with Crippen molar-refractivity contribution >= 4 is 5.91 Å². The van der Waals surface area contributed by atoms with E-state index < -0.39 is 0 Å². The summed E-state index contributed by atoms with van der Waals surface area (Å²) in [6, 6.07) is 8.26. The minimum atomic E-state index is -0.0559. The summed E-state index contributed by atoms with van der Waals surface area (Å²) < 4.78 is 5.49. The summed E-state index contributed by atoms with van der Waals surface area (Å²) in [6.07, 6.45) is 1.99. The molecule has 0 saturated carbocycles. The molecule has 2 unspecified atom stereocenters. The van der Waals surface area contributed by atoms with Gasteiger partial charge in [0.15, 0.2) is 6.61 Å². The number of carbonyl (C=O) groups is 1. The van der Waals surface area contributed by atoms with Gasteiger partial charge < -0.3 is 20.7 Å². The van der Waals surface area contributed by atoms with E-state index in [1.807, 2.05) is 24.3 Å². The number of nitrogens with two attached hydrogens (primary N) is 1. The highest BCUT2D eigenvalue weighted by atomic mass is 16.5. The molecule has 1 amide bonds. The second-order valence-electron chi connectivity index (χ2n) is 5.76. The van der Waals surface area contributed by atoms with Gasteiger partial charge in [0.25, 0.3) is 5.91 Å². The molecule has 21 heavy (non-hydrogen) atoms. The van der Waals surface area contributed by atoms with Crippen LogP contribution in [0.2, 0.25) is 0 Å². The van der Waals surface area contributed by atoms with Gasteiger partial charge in [-0.3, -0.25) is 4.79 Å². The Morgan fingerprint density at radius 2 is 2.14 bits per heavy atom. The largest absolute Gasteiger partial charge is 0.484 e. The van der Waals surface area contributed by atoms with Crippen molar-refractivity contribution in [2.75, 3.05) is 20.2 Å². The monoisotopic (exact) mass is 291 g/mol. The summed E-state index contributed by atoms with van der Waals surface area (Å²) >= 11 is 0. The first-order valence-electron chi connectivity index (χ1n) is 7.50. The number of nitrogens with zero attached hydrogens (tertiary/aromatic N) is 1. The van der Waals surface area contributed by atoms with Crippen LogP contribution in [0, 0.1) is 0 Å². The summed E-state index contributed by atoms with van der Waals surface area (Å²) in [6.45, 7) is 3.78. The second kappa shape index (κ2) is 7.43. The zero-order valence-electron chi connectivity index (χ0n) is 12.8. The quantitative estimate of drug-likeness (QED) is 0.853. The molecule has 0 bridgehead atoms. The number of piperidine rings is 1. The van der Waals surface area contributed by atoms with Crippen molar-refractivity contribution in [3.8, 4) is 5.75 Å². The highest BCUT2D eigenvalue weighted by Crippen LogP contribution is 2.15. The molecular formula is C16H25N3O2. The maximum Gasteiger partial charge on any atom is 0.258 e. The number of likely N-dealkylation sites (tertiary alicyclic amines) is 1. The molecule has 1 heterocycles. The number of hydrogen-bond acceptors (Lipinski definition) is 4. The Labute approximate surface area is 126 Å². The SMILES string of the molecule is CC1CC(NC(=O)COc2ccc(CN)cc2)CCN1C. The smallest absolute Gasteiger partial charge is 0.258 e. The third-order valence-electron chi connectivity index (χ3n) is 4.10. The number of rotatable bonds is 5. The van der Waals surface area contributed by atoms with Gasteiger partial charge in [0, 0.05) is 25.2 Å². The standard InChI is InChI=1S/C16H25N3O2/c1-12-9-14(7-8-19(12)2)18-16(20)11-21-15-5-3-13(10-17)4-6-15/h3-6,12,14H,7-11,17H2,1-2H3,(H,18,20). The van der Waals surface area contributed by atoms with Crippen LogP contribution in [-0.4, -0.2) is 43.1 Å². The Kier molecular flexibility index (Phi) is 5.59. The van der Waals surface area contributed by atoms with Crippen LogP contribution < -0.4 is 15.8 Å². The van der Waals surface area contributed by atoms with Crippen molar-refractivity contribution in [1.29, 1.82) is 0 Å². The summed E-state index contributed by atoms with van der Waals surface area (Å²) in [5.41, 5.74) is 6.59. The zero-order valence-corrected chi connectivity index (χ0v) is 12.8. The van der Waals surface area contributed by atoms with Gasteiger partial charge in [-0.1, -0.05) is 12.1 Å². The third kappa shape index (κ3) is 4.72. The summed E-state index contributed by atoms with van der Waals surface area (Å²) in [5, 5.41) is 3.05. The fourth-order valence-corrected chi connectivity index (χ4v) is 2.56. The van der Waals surface area contributed by atoms with Gasteiger partial charge in [0.05, 0.1) is 0 Å². The summed E-state index contributed by atoms with van der Waals surface area (Å²) in [5.74, 6) is 0.638. The van der Waals surface area contributed by atoms with Crippen LogP contribution in [0.1, 0.15) is 25.3 Å². The maximum atomic E-state index is 11.9. The Hall–Kier alpha value is -1.59. The number of amides is 1. The fraction of sp³-hybridized carbons (Fsp3) is 0.562. The Balaban J connectivity index is 1.74. The lowest BCUT2D eigenvalue weighted by Gasteiger charge is -2.35. The lowest BCUT2D eigenvalue weighted by atomic mass is 9.99. The van der Waals surface area contributed by atoms with E-state index in [0.29, 0.717) is 18.3 Å². The zero-order chi connectivity index (χ0) is 15.2. The number of benzene rings is 1. The molecule has 116 valence electrons. The first-order chi connectivity index (χ1) is 10.1. The van der Waals surface area contributed by atoms with Crippen LogP contribution in [0.5, 0.6) is 5.75 Å². The van der Waals surface area contributed by atoms with Crippen molar-refractivity contribution in [3.63, 3.8) is 0 Å². The first kappa shape index (κ1) is 15.8. The van der Waals surface area contributed by atoms with Crippen LogP contribution in [0.4, 0.5) is 0 Å². The predicted octanol–water partition coefficient (Wildman–Crippen LogP) is 1.12. The van der Waals surface area contributed by atoms with Crippen molar-refractivity contribution < 1.29 is 9.53 Å². The van der Waals surface area contributed by atoms with Crippen molar-refractivity contribution in [1.82, 2.24) is 10.2 Å². The molecule has 0 aromatic heterocycles. The molecule has 1 saturated heterocycles. The minimum Gasteiger partial charge on any atom is -0.484 e. The Bertz CT molecular complexity index is 461. The molecule has 0 spiro atoms. The molecule has 5 nitrogen and oxygen atoms in total. The molecule has 1 aliphatic rings. The highest BCUT2D eigenvalue weighted by molar-refractivity contribution is 5.77. The minimum absolute atomic E-state index is 0.0559. The van der Waals surface area contributed by atoms with Gasteiger partial charge in [0.1, 0.15) is 5.75 Å². The summed E-state index contributed by atoms with van der Waals surface area (Å²) in [7, 11) is 2.12. The number of nitrogens with one attached hydrogen (secondary N) is 1. The van der Waals surface area contributed by atoms with E-state index in [-0.39, 0.29) is 18.6 Å². The first-order valence-corrected chi connectivity index (χ1v) is 7.50. The highest BCUT2D eigenvalue weighted by Gasteiger charge is 2.23.